The van der Waals surface area contributed by atoms with Gasteiger partial charge in [0.05, 0.1) is 11.7 Å². The van der Waals surface area contributed by atoms with Gasteiger partial charge in [0.15, 0.2) is 0 Å². The quantitative estimate of drug-likeness (QED) is 0.848. The molecule has 0 spiro atoms. The molecule has 0 amide bonds. The Morgan fingerprint density at radius 1 is 1.35 bits per heavy atom. The van der Waals surface area contributed by atoms with Crippen molar-refractivity contribution in [2.24, 2.45) is 0 Å². The number of rotatable bonds is 3. The Bertz CT molecular complexity index is 397. The molecule has 0 aromatic heterocycles. The van der Waals surface area contributed by atoms with Gasteiger partial charge in [-0.1, -0.05) is 18.9 Å². The summed E-state index contributed by atoms with van der Waals surface area (Å²) in [7, 11) is 0. The zero-order valence-electron chi connectivity index (χ0n) is 10.1. The molecule has 3 heteroatoms. The summed E-state index contributed by atoms with van der Waals surface area (Å²) in [5.74, 6) is -0.264. The van der Waals surface area contributed by atoms with Crippen LogP contribution in [0.2, 0.25) is 0 Å². The van der Waals surface area contributed by atoms with Crippen molar-refractivity contribution >= 4 is 0 Å². The van der Waals surface area contributed by atoms with E-state index in [0.29, 0.717) is 19.3 Å². The van der Waals surface area contributed by atoms with Crippen molar-refractivity contribution in [3.8, 4) is 0 Å². The monoisotopic (exact) mass is 238 g/mol. The van der Waals surface area contributed by atoms with Crippen LogP contribution in [0.25, 0.3) is 0 Å². The van der Waals surface area contributed by atoms with Crippen molar-refractivity contribution in [2.75, 3.05) is 0 Å². The minimum absolute atomic E-state index is 0.264. The highest BCUT2D eigenvalue weighted by Gasteiger charge is 2.38. The molecular weight excluding hydrogens is 219 g/mol. The number of hydrogen-bond acceptors (Lipinski definition) is 2. The summed E-state index contributed by atoms with van der Waals surface area (Å²) >= 11 is 0. The average Bonchev–Trinajstić information content (AvgIpc) is 2.71. The predicted molar refractivity (Wildman–Crippen MR) is 64.3 cm³/mol. The van der Waals surface area contributed by atoms with Crippen LogP contribution in [0.4, 0.5) is 4.39 Å². The van der Waals surface area contributed by atoms with Gasteiger partial charge >= 0.3 is 0 Å². The minimum atomic E-state index is -0.944. The summed E-state index contributed by atoms with van der Waals surface area (Å²) < 4.78 is 12.9. The Hall–Kier alpha value is -0.930. The largest absolute Gasteiger partial charge is 0.390 e. The highest BCUT2D eigenvalue weighted by molar-refractivity contribution is 5.27. The third kappa shape index (κ3) is 2.67. The second-order valence-electron chi connectivity index (χ2n) is 5.10. The van der Waals surface area contributed by atoms with Crippen LogP contribution in [0.5, 0.6) is 0 Å². The van der Waals surface area contributed by atoms with Gasteiger partial charge in [0.1, 0.15) is 5.82 Å². The zero-order chi connectivity index (χ0) is 12.5. The number of halogens is 1. The highest BCUT2D eigenvalue weighted by atomic mass is 19.1. The normalized spacial score (nSPS) is 20.5. The Morgan fingerprint density at radius 3 is 2.59 bits per heavy atom. The third-order valence-corrected chi connectivity index (χ3v) is 3.81. The molecule has 0 radical (unpaired) electrons. The van der Waals surface area contributed by atoms with Crippen molar-refractivity contribution in [3.05, 3.63) is 35.1 Å². The number of hydrogen-bond donors (Lipinski definition) is 2. The van der Waals surface area contributed by atoms with Gasteiger partial charge in [-0.3, -0.25) is 0 Å². The minimum Gasteiger partial charge on any atom is -0.390 e. The molecule has 2 rings (SSSR count). The van der Waals surface area contributed by atoms with Gasteiger partial charge in [0.25, 0.3) is 0 Å². The van der Waals surface area contributed by atoms with E-state index in [2.05, 4.69) is 0 Å². The molecule has 1 aliphatic rings. The zero-order valence-corrected chi connectivity index (χ0v) is 10.1. The van der Waals surface area contributed by atoms with Crippen molar-refractivity contribution < 1.29 is 14.6 Å². The summed E-state index contributed by atoms with van der Waals surface area (Å²) in [5, 5.41) is 20.4. The lowest BCUT2D eigenvalue weighted by atomic mass is 9.89. The maximum Gasteiger partial charge on any atom is 0.123 e. The Labute approximate surface area is 101 Å². The van der Waals surface area contributed by atoms with Crippen molar-refractivity contribution in [1.29, 1.82) is 0 Å². The SMILES string of the molecule is Cc1cc(F)ccc1CC(O)C1(O)CCCC1. The first-order valence-electron chi connectivity index (χ1n) is 6.17. The van der Waals surface area contributed by atoms with E-state index in [-0.39, 0.29) is 5.82 Å². The lowest BCUT2D eigenvalue weighted by molar-refractivity contribution is -0.0689. The van der Waals surface area contributed by atoms with Crippen LogP contribution in [-0.4, -0.2) is 21.9 Å². The summed E-state index contributed by atoms with van der Waals surface area (Å²) in [6.45, 7) is 1.82. The smallest absolute Gasteiger partial charge is 0.123 e. The van der Waals surface area contributed by atoms with Crippen molar-refractivity contribution in [2.45, 2.75) is 50.7 Å². The van der Waals surface area contributed by atoms with Gasteiger partial charge < -0.3 is 10.2 Å². The lowest BCUT2D eigenvalue weighted by Gasteiger charge is -2.28. The fourth-order valence-electron chi connectivity index (χ4n) is 2.61. The molecule has 17 heavy (non-hydrogen) atoms. The van der Waals surface area contributed by atoms with Crippen LogP contribution in [0.1, 0.15) is 36.8 Å². The van der Waals surface area contributed by atoms with Gasteiger partial charge in [0.2, 0.25) is 0 Å². The van der Waals surface area contributed by atoms with Gasteiger partial charge in [-0.05, 0) is 43.0 Å². The highest BCUT2D eigenvalue weighted by Crippen LogP contribution is 2.34. The van der Waals surface area contributed by atoms with Gasteiger partial charge in [-0.15, -0.1) is 0 Å². The van der Waals surface area contributed by atoms with E-state index in [1.54, 1.807) is 6.07 Å². The second kappa shape index (κ2) is 4.75. The molecule has 2 N–H and O–H groups in total. The molecule has 0 saturated heterocycles. The maximum absolute atomic E-state index is 12.9. The molecule has 1 aromatic rings. The predicted octanol–water partition coefficient (Wildman–Crippen LogP) is 2.34. The molecule has 0 aliphatic heterocycles. The second-order valence-corrected chi connectivity index (χ2v) is 5.10. The molecule has 1 fully saturated rings. The van der Waals surface area contributed by atoms with Crippen LogP contribution in [0.15, 0.2) is 18.2 Å². The number of aliphatic hydroxyl groups is 2. The van der Waals surface area contributed by atoms with Crippen LogP contribution in [-0.2, 0) is 6.42 Å². The molecule has 94 valence electrons. The first-order chi connectivity index (χ1) is 8.01. The Morgan fingerprint density at radius 2 is 2.00 bits per heavy atom. The fraction of sp³-hybridized carbons (Fsp3) is 0.571. The standard InChI is InChI=1S/C14H19FO2/c1-10-8-12(15)5-4-11(10)9-13(16)14(17)6-2-3-7-14/h4-5,8,13,16-17H,2-3,6-7,9H2,1H3. The van der Waals surface area contributed by atoms with E-state index < -0.39 is 11.7 Å². The number of benzene rings is 1. The van der Waals surface area contributed by atoms with Crippen molar-refractivity contribution in [1.82, 2.24) is 0 Å². The third-order valence-electron chi connectivity index (χ3n) is 3.81. The number of aryl methyl sites for hydroxylation is 1. The molecule has 0 heterocycles. The summed E-state index contributed by atoms with van der Waals surface area (Å²) in [4.78, 5) is 0. The van der Waals surface area contributed by atoms with Gasteiger partial charge in [0, 0.05) is 6.42 Å². The first-order valence-corrected chi connectivity index (χ1v) is 6.17. The topological polar surface area (TPSA) is 40.5 Å². The van der Waals surface area contributed by atoms with Crippen LogP contribution >= 0.6 is 0 Å². The average molecular weight is 238 g/mol. The molecule has 1 aliphatic carbocycles. The number of aliphatic hydroxyl groups excluding tert-OH is 1. The van der Waals surface area contributed by atoms with E-state index in [9.17, 15) is 14.6 Å². The Balaban J connectivity index is 2.10. The van der Waals surface area contributed by atoms with Crippen LogP contribution in [0, 0.1) is 12.7 Å². The fourth-order valence-corrected chi connectivity index (χ4v) is 2.61. The van der Waals surface area contributed by atoms with Crippen molar-refractivity contribution in [3.63, 3.8) is 0 Å². The molecule has 1 unspecified atom stereocenters. The molecule has 0 bridgehead atoms. The Kier molecular flexibility index (Phi) is 3.50. The molecule has 1 saturated carbocycles. The van der Waals surface area contributed by atoms with E-state index in [0.717, 1.165) is 24.0 Å². The lowest BCUT2D eigenvalue weighted by Crippen LogP contribution is -2.41. The van der Waals surface area contributed by atoms with Gasteiger partial charge in [-0.25, -0.2) is 4.39 Å². The van der Waals surface area contributed by atoms with E-state index in [1.165, 1.54) is 12.1 Å². The summed E-state index contributed by atoms with van der Waals surface area (Å²) in [6.07, 6.45) is 2.89. The van der Waals surface area contributed by atoms with E-state index in [4.69, 9.17) is 0 Å². The summed E-state index contributed by atoms with van der Waals surface area (Å²) in [5.41, 5.74) is 0.783. The molecule has 1 atom stereocenters. The molecular formula is C14H19FO2. The van der Waals surface area contributed by atoms with E-state index in [1.807, 2.05) is 6.92 Å². The molecule has 2 nitrogen and oxygen atoms in total. The summed E-state index contributed by atoms with van der Waals surface area (Å²) in [6, 6.07) is 4.54. The van der Waals surface area contributed by atoms with Crippen LogP contribution in [0.3, 0.4) is 0 Å². The first kappa shape index (κ1) is 12.5. The maximum atomic E-state index is 12.9. The van der Waals surface area contributed by atoms with Crippen LogP contribution < -0.4 is 0 Å². The molecule has 1 aromatic carbocycles. The van der Waals surface area contributed by atoms with E-state index >= 15 is 0 Å². The van der Waals surface area contributed by atoms with Gasteiger partial charge in [-0.2, -0.15) is 0 Å².